The van der Waals surface area contributed by atoms with Gasteiger partial charge in [-0.05, 0) is 85.7 Å². The van der Waals surface area contributed by atoms with E-state index in [9.17, 15) is 0 Å². The van der Waals surface area contributed by atoms with Crippen molar-refractivity contribution in [1.82, 2.24) is 19.5 Å². The van der Waals surface area contributed by atoms with Crippen molar-refractivity contribution in [3.8, 4) is 51.0 Å². The van der Waals surface area contributed by atoms with E-state index in [1.165, 1.54) is 63.3 Å². The number of fused-ring (bicyclic) bond motifs is 11. The highest BCUT2D eigenvalue weighted by molar-refractivity contribution is 7.26. The summed E-state index contributed by atoms with van der Waals surface area (Å²) in [6.07, 6.45) is 0. The summed E-state index contributed by atoms with van der Waals surface area (Å²) in [5.41, 5.74) is 8.50. The Morgan fingerprint density at radius 3 is 1.74 bits per heavy atom. The Hall–Kier alpha value is -8.51. The van der Waals surface area contributed by atoms with Crippen LogP contribution in [-0.2, 0) is 0 Å². The van der Waals surface area contributed by atoms with Crippen molar-refractivity contribution in [1.29, 1.82) is 0 Å². The Balaban J connectivity index is 1.12. The first kappa shape index (κ1) is 36.9. The topological polar surface area (TPSA) is 43.6 Å². The van der Waals surface area contributed by atoms with Crippen molar-refractivity contribution in [3.63, 3.8) is 0 Å². The maximum atomic E-state index is 5.49. The van der Waals surface area contributed by atoms with E-state index in [2.05, 4.69) is 205 Å². The maximum absolute atomic E-state index is 5.49. The largest absolute Gasteiger partial charge is 0.308 e. The molecule has 0 amide bonds. The van der Waals surface area contributed by atoms with Crippen LogP contribution in [0.15, 0.2) is 218 Å². The first-order chi connectivity index (χ1) is 32.7. The number of benzene rings is 11. The SMILES string of the molecule is c1ccc(-c2nc(-c3cc(-c4ccc5ccccc5c4)c(-n4c5cc6ccccc6cc5c5c6ccccc6ccc54)c4ccccc34)nc(-c3cccc4c3sc3ccccc34)n2)cc1. The number of hydrogen-bond donors (Lipinski definition) is 0. The van der Waals surface area contributed by atoms with Gasteiger partial charge in [0.15, 0.2) is 17.5 Å². The molecule has 0 spiro atoms. The van der Waals surface area contributed by atoms with Gasteiger partial charge < -0.3 is 4.57 Å². The maximum Gasteiger partial charge on any atom is 0.165 e. The number of hydrogen-bond acceptors (Lipinski definition) is 4. The summed E-state index contributed by atoms with van der Waals surface area (Å²) in [5, 5.41) is 14.3. The first-order valence-electron chi connectivity index (χ1n) is 22.3. The molecule has 0 aliphatic carbocycles. The van der Waals surface area contributed by atoms with Crippen LogP contribution < -0.4 is 0 Å². The summed E-state index contributed by atoms with van der Waals surface area (Å²) in [5.74, 6) is 1.91. The molecule has 11 aromatic carbocycles. The summed E-state index contributed by atoms with van der Waals surface area (Å²) >= 11 is 1.79. The lowest BCUT2D eigenvalue weighted by Gasteiger charge is -2.20. The first-order valence-corrected chi connectivity index (χ1v) is 23.2. The van der Waals surface area contributed by atoms with Crippen LogP contribution >= 0.6 is 11.3 Å². The Morgan fingerprint density at radius 2 is 0.924 bits per heavy atom. The van der Waals surface area contributed by atoms with E-state index >= 15 is 0 Å². The van der Waals surface area contributed by atoms with Crippen LogP contribution in [0.4, 0.5) is 0 Å². The monoisotopic (exact) mass is 856 g/mol. The van der Waals surface area contributed by atoms with E-state index in [0.717, 1.165) is 55.3 Å². The number of thiophene rings is 1. The van der Waals surface area contributed by atoms with Gasteiger partial charge in [-0.3, -0.25) is 0 Å². The van der Waals surface area contributed by atoms with Crippen molar-refractivity contribution in [2.75, 3.05) is 0 Å². The smallest absolute Gasteiger partial charge is 0.165 e. The predicted molar refractivity (Wildman–Crippen MR) is 279 cm³/mol. The number of rotatable bonds is 5. The number of aromatic nitrogens is 4. The minimum absolute atomic E-state index is 0.626. The molecule has 0 fully saturated rings. The molecule has 0 radical (unpaired) electrons. The zero-order chi connectivity index (χ0) is 43.3. The van der Waals surface area contributed by atoms with Crippen LogP contribution in [0.1, 0.15) is 0 Å². The number of nitrogens with zero attached hydrogens (tertiary/aromatic N) is 4. The van der Waals surface area contributed by atoms with Crippen molar-refractivity contribution in [2.24, 2.45) is 0 Å². The van der Waals surface area contributed by atoms with Crippen molar-refractivity contribution in [3.05, 3.63) is 218 Å². The van der Waals surface area contributed by atoms with E-state index in [4.69, 9.17) is 15.0 Å². The van der Waals surface area contributed by atoms with Gasteiger partial charge in [0.1, 0.15) is 0 Å². The molecule has 5 heteroatoms. The van der Waals surface area contributed by atoms with Crippen molar-refractivity contribution < 1.29 is 0 Å². The van der Waals surface area contributed by atoms with Gasteiger partial charge in [-0.25, -0.2) is 15.0 Å². The van der Waals surface area contributed by atoms with Crippen LogP contribution in [0.25, 0.3) is 136 Å². The molecule has 0 saturated heterocycles. The van der Waals surface area contributed by atoms with Gasteiger partial charge in [0, 0.05) is 58.6 Å². The average molecular weight is 857 g/mol. The second kappa shape index (κ2) is 14.5. The minimum atomic E-state index is 0.626. The van der Waals surface area contributed by atoms with Gasteiger partial charge in [0.2, 0.25) is 0 Å². The van der Waals surface area contributed by atoms with Crippen LogP contribution in [0.2, 0.25) is 0 Å². The van der Waals surface area contributed by atoms with Crippen molar-refractivity contribution >= 4 is 96.4 Å². The molecule has 0 aliphatic heterocycles. The minimum Gasteiger partial charge on any atom is -0.308 e. The Morgan fingerprint density at radius 1 is 0.318 bits per heavy atom. The zero-order valence-electron chi connectivity index (χ0n) is 35.5. The van der Waals surface area contributed by atoms with Crippen LogP contribution in [0.3, 0.4) is 0 Å². The molecule has 66 heavy (non-hydrogen) atoms. The molecule has 0 aliphatic rings. The van der Waals surface area contributed by atoms with Gasteiger partial charge in [-0.2, -0.15) is 0 Å². The predicted octanol–water partition coefficient (Wildman–Crippen LogP) is 16.6. The van der Waals surface area contributed by atoms with E-state index < -0.39 is 0 Å². The molecule has 3 heterocycles. The molecule has 4 nitrogen and oxygen atoms in total. The van der Waals surface area contributed by atoms with Crippen LogP contribution in [0.5, 0.6) is 0 Å². The average Bonchev–Trinajstić information content (AvgIpc) is 3.93. The van der Waals surface area contributed by atoms with Gasteiger partial charge >= 0.3 is 0 Å². The van der Waals surface area contributed by atoms with E-state index in [1.807, 2.05) is 18.2 Å². The van der Waals surface area contributed by atoms with Crippen molar-refractivity contribution in [2.45, 2.75) is 0 Å². The lowest BCUT2D eigenvalue weighted by molar-refractivity contribution is 1.08. The third-order valence-corrected chi connectivity index (χ3v) is 14.6. The molecular formula is C61H36N4S. The zero-order valence-corrected chi connectivity index (χ0v) is 36.3. The molecule has 14 rings (SSSR count). The van der Waals surface area contributed by atoms with E-state index in [1.54, 1.807) is 11.3 Å². The lowest BCUT2D eigenvalue weighted by atomic mass is 9.92. The summed E-state index contributed by atoms with van der Waals surface area (Å²) in [6.45, 7) is 0. The second-order valence-corrected chi connectivity index (χ2v) is 18.2. The Bertz CT molecular complexity index is 4300. The lowest BCUT2D eigenvalue weighted by Crippen LogP contribution is -2.03. The van der Waals surface area contributed by atoms with E-state index in [-0.39, 0.29) is 0 Å². The van der Waals surface area contributed by atoms with Gasteiger partial charge in [-0.1, -0.05) is 176 Å². The van der Waals surface area contributed by atoms with Gasteiger partial charge in [0.25, 0.3) is 0 Å². The van der Waals surface area contributed by atoms with Crippen LogP contribution in [0, 0.1) is 0 Å². The third kappa shape index (κ3) is 5.67. The molecule has 3 aromatic heterocycles. The van der Waals surface area contributed by atoms with Gasteiger partial charge in [-0.15, -0.1) is 11.3 Å². The highest BCUT2D eigenvalue weighted by Gasteiger charge is 2.25. The molecule has 0 unspecified atom stereocenters. The molecule has 0 N–H and O–H groups in total. The molecule has 0 bridgehead atoms. The molecule has 306 valence electrons. The highest BCUT2D eigenvalue weighted by atomic mass is 32.1. The molecule has 0 saturated carbocycles. The highest BCUT2D eigenvalue weighted by Crippen LogP contribution is 2.46. The standard InChI is InChI=1S/C61H36N4S/c1-2-17-39(18-3-1)59-62-60(49-27-14-26-48-46-24-12-13-28-55(46)66-58(48)49)64-61(63-59)51-36-50(43-30-29-37-15-4-5-19-40(37)33-43)57(47-25-11-10-23-45(47)51)65-53-32-31-38-16-8-9-22-44(38)56(53)52-34-41-20-6-7-21-42(41)35-54(52)65/h1-36H. The Labute approximate surface area is 383 Å². The molecular weight excluding hydrogens is 821 g/mol. The fourth-order valence-electron chi connectivity index (χ4n) is 10.3. The second-order valence-electron chi connectivity index (χ2n) is 17.1. The summed E-state index contributed by atoms with van der Waals surface area (Å²) < 4.78 is 4.93. The molecule has 0 atom stereocenters. The third-order valence-electron chi connectivity index (χ3n) is 13.4. The summed E-state index contributed by atoms with van der Waals surface area (Å²) in [6, 6.07) is 78.9. The quantitative estimate of drug-likeness (QED) is 0.173. The normalized spacial score (nSPS) is 11.9. The Kier molecular flexibility index (Phi) is 8.12. The van der Waals surface area contributed by atoms with Crippen LogP contribution in [-0.4, -0.2) is 19.5 Å². The fraction of sp³-hybridized carbons (Fsp3) is 0. The van der Waals surface area contributed by atoms with Gasteiger partial charge in [0.05, 0.1) is 16.7 Å². The fourth-order valence-corrected chi connectivity index (χ4v) is 11.5. The van der Waals surface area contributed by atoms with E-state index in [0.29, 0.717) is 17.5 Å². The molecule has 14 aromatic rings. The summed E-state index contributed by atoms with van der Waals surface area (Å²) in [7, 11) is 0. The summed E-state index contributed by atoms with van der Waals surface area (Å²) in [4.78, 5) is 16.2.